The van der Waals surface area contributed by atoms with Gasteiger partial charge in [-0.2, -0.15) is 11.8 Å². The molecule has 126 valence electrons. The molecular formula is C16H27NO4S. The molecule has 1 heterocycles. The molecule has 1 amide bonds. The van der Waals surface area contributed by atoms with Gasteiger partial charge in [-0.1, -0.05) is 13.8 Å². The second-order valence-electron chi connectivity index (χ2n) is 7.93. The standard InChI is InChI=1S/C16H27NO4S/c1-14(2,3)21-13(20)17(11-6-7-11)16(12(18)19)10-22-9-8-15(16,4)5/h11H,6-10H2,1-5H3,(H,18,19). The Labute approximate surface area is 136 Å². The Bertz CT molecular complexity index is 467. The normalized spacial score (nSPS) is 28.0. The second kappa shape index (κ2) is 5.62. The van der Waals surface area contributed by atoms with Crippen LogP contribution >= 0.6 is 11.8 Å². The van der Waals surface area contributed by atoms with Gasteiger partial charge in [0.2, 0.25) is 0 Å². The van der Waals surface area contributed by atoms with Crippen LogP contribution in [0, 0.1) is 5.41 Å². The maximum atomic E-state index is 12.8. The van der Waals surface area contributed by atoms with Crippen molar-refractivity contribution in [2.24, 2.45) is 5.41 Å². The minimum Gasteiger partial charge on any atom is -0.479 e. The highest BCUT2D eigenvalue weighted by Gasteiger charge is 2.62. The van der Waals surface area contributed by atoms with Gasteiger partial charge < -0.3 is 9.84 Å². The molecule has 1 aliphatic carbocycles. The van der Waals surface area contributed by atoms with Crippen molar-refractivity contribution in [3.63, 3.8) is 0 Å². The SMILES string of the molecule is CC(C)(C)OC(=O)N(C1CC1)C1(C(=O)O)CSCCC1(C)C. The summed E-state index contributed by atoms with van der Waals surface area (Å²) in [5, 5.41) is 10.1. The molecule has 0 spiro atoms. The topological polar surface area (TPSA) is 66.8 Å². The van der Waals surface area contributed by atoms with Crippen LogP contribution in [0.2, 0.25) is 0 Å². The van der Waals surface area contributed by atoms with Crippen molar-refractivity contribution in [3.8, 4) is 0 Å². The van der Waals surface area contributed by atoms with Gasteiger partial charge in [0.05, 0.1) is 0 Å². The predicted octanol–water partition coefficient (Wildman–Crippen LogP) is 3.37. The largest absolute Gasteiger partial charge is 0.479 e. The van der Waals surface area contributed by atoms with Gasteiger partial charge in [0.15, 0.2) is 5.54 Å². The third kappa shape index (κ3) is 3.07. The molecular weight excluding hydrogens is 302 g/mol. The first-order chi connectivity index (χ1) is 10.0. The first-order valence-electron chi connectivity index (χ1n) is 7.85. The van der Waals surface area contributed by atoms with Crippen molar-refractivity contribution in [1.82, 2.24) is 4.90 Å². The number of carboxylic acids is 1. The molecule has 0 aromatic heterocycles. The Kier molecular flexibility index (Phi) is 4.46. The number of amides is 1. The first-order valence-corrected chi connectivity index (χ1v) is 9.00. The smallest absolute Gasteiger partial charge is 0.411 e. The van der Waals surface area contributed by atoms with E-state index in [1.165, 1.54) is 0 Å². The molecule has 0 bridgehead atoms. The van der Waals surface area contributed by atoms with Gasteiger partial charge in [-0.15, -0.1) is 0 Å². The van der Waals surface area contributed by atoms with Gasteiger partial charge >= 0.3 is 12.1 Å². The first kappa shape index (κ1) is 17.4. The van der Waals surface area contributed by atoms with Crippen LogP contribution in [0.5, 0.6) is 0 Å². The minimum atomic E-state index is -1.20. The lowest BCUT2D eigenvalue weighted by Crippen LogP contribution is -2.69. The molecule has 0 aromatic carbocycles. The lowest BCUT2D eigenvalue weighted by molar-refractivity contribution is -0.159. The molecule has 0 radical (unpaired) electrons. The van der Waals surface area contributed by atoms with E-state index in [9.17, 15) is 14.7 Å². The number of ether oxygens (including phenoxy) is 1. The average molecular weight is 329 g/mol. The number of carbonyl (C=O) groups excluding carboxylic acids is 1. The molecule has 2 aliphatic rings. The molecule has 5 nitrogen and oxygen atoms in total. The van der Waals surface area contributed by atoms with Crippen molar-refractivity contribution in [1.29, 1.82) is 0 Å². The summed E-state index contributed by atoms with van der Waals surface area (Å²) in [5.74, 6) is 0.433. The molecule has 1 saturated carbocycles. The number of hydrogen-bond donors (Lipinski definition) is 1. The fourth-order valence-corrected chi connectivity index (χ4v) is 4.81. The molecule has 2 fully saturated rings. The van der Waals surface area contributed by atoms with Crippen molar-refractivity contribution < 1.29 is 19.4 Å². The lowest BCUT2D eigenvalue weighted by atomic mass is 9.69. The Hall–Kier alpha value is -0.910. The molecule has 1 saturated heterocycles. The number of carboxylic acid groups (broad SMARTS) is 1. The molecule has 1 aliphatic heterocycles. The van der Waals surface area contributed by atoms with E-state index in [1.807, 2.05) is 34.6 Å². The van der Waals surface area contributed by atoms with Crippen LogP contribution < -0.4 is 0 Å². The zero-order chi connectivity index (χ0) is 16.8. The highest BCUT2D eigenvalue weighted by molar-refractivity contribution is 7.99. The molecule has 6 heteroatoms. The van der Waals surface area contributed by atoms with Crippen molar-refractivity contribution in [2.45, 2.75) is 71.1 Å². The summed E-state index contributed by atoms with van der Waals surface area (Å²) in [6, 6.07) is -0.0103. The highest BCUT2D eigenvalue weighted by atomic mass is 32.2. The van der Waals surface area contributed by atoms with E-state index in [1.54, 1.807) is 16.7 Å². The van der Waals surface area contributed by atoms with Gasteiger partial charge in [-0.25, -0.2) is 9.59 Å². The summed E-state index contributed by atoms with van der Waals surface area (Å²) in [6.45, 7) is 9.35. The molecule has 2 rings (SSSR count). The van der Waals surface area contributed by atoms with E-state index >= 15 is 0 Å². The van der Waals surface area contributed by atoms with E-state index in [2.05, 4.69) is 0 Å². The summed E-state index contributed by atoms with van der Waals surface area (Å²) in [4.78, 5) is 26.6. The Morgan fingerprint density at radius 2 is 1.86 bits per heavy atom. The molecule has 1 N–H and O–H groups in total. The fourth-order valence-electron chi connectivity index (χ4n) is 3.06. The summed E-state index contributed by atoms with van der Waals surface area (Å²) < 4.78 is 5.54. The van der Waals surface area contributed by atoms with Gasteiger partial charge in [0.1, 0.15) is 5.60 Å². The van der Waals surface area contributed by atoms with E-state index < -0.39 is 28.6 Å². The summed E-state index contributed by atoms with van der Waals surface area (Å²) in [6.07, 6.45) is 1.99. The highest BCUT2D eigenvalue weighted by Crippen LogP contribution is 2.50. The van der Waals surface area contributed by atoms with Gasteiger partial charge in [0.25, 0.3) is 0 Å². The molecule has 22 heavy (non-hydrogen) atoms. The minimum absolute atomic E-state index is 0.0103. The number of aliphatic carboxylic acids is 1. The van der Waals surface area contributed by atoms with Crippen LogP contribution in [0.15, 0.2) is 0 Å². The van der Waals surface area contributed by atoms with E-state index in [0.29, 0.717) is 5.75 Å². The van der Waals surface area contributed by atoms with Gasteiger partial charge in [-0.3, -0.25) is 4.90 Å². The number of nitrogens with zero attached hydrogens (tertiary/aromatic N) is 1. The summed E-state index contributed by atoms with van der Waals surface area (Å²) >= 11 is 1.61. The van der Waals surface area contributed by atoms with Crippen LogP contribution in [0.3, 0.4) is 0 Å². The number of hydrogen-bond acceptors (Lipinski definition) is 4. The maximum absolute atomic E-state index is 12.8. The average Bonchev–Trinajstić information content (AvgIpc) is 3.13. The molecule has 0 aromatic rings. The third-order valence-corrected chi connectivity index (χ3v) is 5.68. The predicted molar refractivity (Wildman–Crippen MR) is 87.2 cm³/mol. The quantitative estimate of drug-likeness (QED) is 0.860. The molecule has 1 unspecified atom stereocenters. The molecule has 1 atom stereocenters. The van der Waals surface area contributed by atoms with Crippen molar-refractivity contribution >= 4 is 23.8 Å². The summed E-state index contributed by atoms with van der Waals surface area (Å²) in [5.41, 5.74) is -2.31. The zero-order valence-corrected chi connectivity index (χ0v) is 15.0. The Morgan fingerprint density at radius 1 is 1.27 bits per heavy atom. The van der Waals surface area contributed by atoms with E-state index in [0.717, 1.165) is 25.0 Å². The van der Waals surface area contributed by atoms with Crippen LogP contribution in [0.4, 0.5) is 4.79 Å². The van der Waals surface area contributed by atoms with Crippen LogP contribution in [-0.4, -0.2) is 50.8 Å². The van der Waals surface area contributed by atoms with Crippen LogP contribution in [0.25, 0.3) is 0 Å². The van der Waals surface area contributed by atoms with E-state index in [4.69, 9.17) is 4.74 Å². The third-order valence-electron chi connectivity index (χ3n) is 4.57. The Balaban J connectivity index is 2.42. The zero-order valence-electron chi connectivity index (χ0n) is 14.1. The van der Waals surface area contributed by atoms with Crippen LogP contribution in [-0.2, 0) is 9.53 Å². The van der Waals surface area contributed by atoms with Gasteiger partial charge in [0, 0.05) is 17.2 Å². The van der Waals surface area contributed by atoms with Gasteiger partial charge in [-0.05, 0) is 45.8 Å². The van der Waals surface area contributed by atoms with E-state index in [-0.39, 0.29) is 6.04 Å². The number of carbonyl (C=O) groups is 2. The number of thioether (sulfide) groups is 1. The van der Waals surface area contributed by atoms with Crippen LogP contribution in [0.1, 0.15) is 53.9 Å². The van der Waals surface area contributed by atoms with Crippen molar-refractivity contribution in [2.75, 3.05) is 11.5 Å². The monoisotopic (exact) mass is 329 g/mol. The second-order valence-corrected chi connectivity index (χ2v) is 9.04. The maximum Gasteiger partial charge on any atom is 0.411 e. The summed E-state index contributed by atoms with van der Waals surface area (Å²) in [7, 11) is 0. The lowest BCUT2D eigenvalue weighted by Gasteiger charge is -2.52. The number of rotatable bonds is 3. The van der Waals surface area contributed by atoms with Crippen molar-refractivity contribution in [3.05, 3.63) is 0 Å². The fraction of sp³-hybridized carbons (Fsp3) is 0.875. The Morgan fingerprint density at radius 3 is 2.27 bits per heavy atom.